The highest BCUT2D eigenvalue weighted by Crippen LogP contribution is 2.42. The predicted octanol–water partition coefficient (Wildman–Crippen LogP) is 7.57. The standard InChI is InChI=1S/C26H18N2OS2/c29-21-14-13-16-7-1-2-8-17(16)24(21)25(19-15-30-22-11-5-3-9-18(19)22)28-26-27-20-10-4-6-12-23(20)31-26/h1-15,25,29H,(H,27,28). The van der Waals surface area contributed by atoms with E-state index in [9.17, 15) is 5.11 Å². The molecule has 0 aliphatic heterocycles. The first-order chi connectivity index (χ1) is 15.3. The van der Waals surface area contributed by atoms with Gasteiger partial charge in [0.15, 0.2) is 5.13 Å². The number of hydrogen-bond acceptors (Lipinski definition) is 5. The van der Waals surface area contributed by atoms with Crippen LogP contribution in [0.2, 0.25) is 0 Å². The Kier molecular flexibility index (Phi) is 4.37. The molecule has 0 saturated carbocycles. The second-order valence-corrected chi connectivity index (χ2v) is 9.41. The third-order valence-electron chi connectivity index (χ3n) is 5.62. The summed E-state index contributed by atoms with van der Waals surface area (Å²) in [6.45, 7) is 0. The van der Waals surface area contributed by atoms with E-state index in [1.54, 1.807) is 28.7 Å². The molecule has 31 heavy (non-hydrogen) atoms. The van der Waals surface area contributed by atoms with E-state index in [4.69, 9.17) is 4.98 Å². The van der Waals surface area contributed by atoms with E-state index in [0.717, 1.165) is 37.2 Å². The molecule has 2 heterocycles. The van der Waals surface area contributed by atoms with Crippen molar-refractivity contribution in [3.63, 3.8) is 0 Å². The highest BCUT2D eigenvalue weighted by atomic mass is 32.1. The quantitative estimate of drug-likeness (QED) is 0.298. The van der Waals surface area contributed by atoms with E-state index in [2.05, 4.69) is 53.2 Å². The molecule has 0 fully saturated rings. The molecule has 6 rings (SSSR count). The van der Waals surface area contributed by atoms with Crippen LogP contribution in [0.15, 0.2) is 90.3 Å². The van der Waals surface area contributed by atoms with E-state index >= 15 is 0 Å². The number of phenolic OH excluding ortho intramolecular Hbond substituents is 1. The minimum Gasteiger partial charge on any atom is -0.508 e. The van der Waals surface area contributed by atoms with Crippen LogP contribution in [-0.2, 0) is 0 Å². The smallest absolute Gasteiger partial charge is 0.184 e. The molecule has 3 nitrogen and oxygen atoms in total. The van der Waals surface area contributed by atoms with Gasteiger partial charge < -0.3 is 10.4 Å². The zero-order valence-electron chi connectivity index (χ0n) is 16.4. The Morgan fingerprint density at radius 1 is 0.774 bits per heavy atom. The molecule has 0 saturated heterocycles. The number of thiophene rings is 1. The van der Waals surface area contributed by atoms with Gasteiger partial charge in [0.2, 0.25) is 0 Å². The van der Waals surface area contributed by atoms with Crippen molar-refractivity contribution in [2.75, 3.05) is 5.32 Å². The molecule has 0 radical (unpaired) electrons. The largest absolute Gasteiger partial charge is 0.508 e. The lowest BCUT2D eigenvalue weighted by Gasteiger charge is -2.22. The van der Waals surface area contributed by atoms with Gasteiger partial charge >= 0.3 is 0 Å². The van der Waals surface area contributed by atoms with Crippen molar-refractivity contribution in [3.05, 3.63) is 101 Å². The first kappa shape index (κ1) is 18.4. The lowest BCUT2D eigenvalue weighted by molar-refractivity contribution is 0.468. The van der Waals surface area contributed by atoms with Crippen molar-refractivity contribution in [1.82, 2.24) is 4.98 Å². The predicted molar refractivity (Wildman–Crippen MR) is 133 cm³/mol. The summed E-state index contributed by atoms with van der Waals surface area (Å²) in [5, 5.41) is 21.0. The lowest BCUT2D eigenvalue weighted by atomic mass is 9.92. The van der Waals surface area contributed by atoms with Crippen LogP contribution >= 0.6 is 22.7 Å². The summed E-state index contributed by atoms with van der Waals surface area (Å²) < 4.78 is 2.37. The summed E-state index contributed by atoms with van der Waals surface area (Å²) in [5.41, 5.74) is 3.00. The summed E-state index contributed by atoms with van der Waals surface area (Å²) in [5.74, 6) is 0.285. The number of fused-ring (bicyclic) bond motifs is 3. The molecular formula is C26H18N2OS2. The molecule has 0 bridgehead atoms. The van der Waals surface area contributed by atoms with E-state index in [0.29, 0.717) is 0 Å². The Morgan fingerprint density at radius 3 is 2.39 bits per heavy atom. The first-order valence-electron chi connectivity index (χ1n) is 10.1. The summed E-state index contributed by atoms with van der Waals surface area (Å²) in [6, 6.07) is 28.3. The van der Waals surface area contributed by atoms with Gasteiger partial charge in [0.1, 0.15) is 5.75 Å². The monoisotopic (exact) mass is 438 g/mol. The molecule has 150 valence electrons. The fourth-order valence-corrected chi connectivity index (χ4v) is 6.05. The maximum absolute atomic E-state index is 11.0. The van der Waals surface area contributed by atoms with Crippen molar-refractivity contribution in [3.8, 4) is 5.75 Å². The molecule has 0 aliphatic rings. The highest BCUT2D eigenvalue weighted by Gasteiger charge is 2.24. The van der Waals surface area contributed by atoms with Gasteiger partial charge in [-0.1, -0.05) is 72.0 Å². The van der Waals surface area contributed by atoms with Crippen LogP contribution in [0.25, 0.3) is 31.1 Å². The molecule has 0 spiro atoms. The SMILES string of the molecule is Oc1ccc2ccccc2c1C(Nc1nc2ccccc2s1)c1csc2ccccc12. The minimum atomic E-state index is -0.234. The van der Waals surface area contributed by atoms with Crippen molar-refractivity contribution in [2.24, 2.45) is 0 Å². The number of aromatic nitrogens is 1. The van der Waals surface area contributed by atoms with Gasteiger partial charge in [0.05, 0.1) is 16.3 Å². The third kappa shape index (κ3) is 3.14. The van der Waals surface area contributed by atoms with Crippen molar-refractivity contribution >= 4 is 58.9 Å². The number of rotatable bonds is 4. The molecule has 6 aromatic rings. The molecule has 4 aromatic carbocycles. The zero-order chi connectivity index (χ0) is 20.8. The van der Waals surface area contributed by atoms with E-state index < -0.39 is 0 Å². The molecule has 5 heteroatoms. The van der Waals surface area contributed by atoms with Crippen molar-refractivity contribution in [2.45, 2.75) is 6.04 Å². The van der Waals surface area contributed by atoms with Crippen molar-refractivity contribution < 1.29 is 5.11 Å². The van der Waals surface area contributed by atoms with Crippen LogP contribution in [0.1, 0.15) is 17.2 Å². The Hall–Kier alpha value is -3.41. The summed E-state index contributed by atoms with van der Waals surface area (Å²) >= 11 is 3.36. The Morgan fingerprint density at radius 2 is 1.52 bits per heavy atom. The third-order valence-corrected chi connectivity index (χ3v) is 7.57. The molecule has 2 aromatic heterocycles. The molecule has 0 aliphatic carbocycles. The number of benzene rings is 4. The topological polar surface area (TPSA) is 45.1 Å². The second-order valence-electron chi connectivity index (χ2n) is 7.47. The average Bonchev–Trinajstić information content (AvgIpc) is 3.41. The first-order valence-corrected chi connectivity index (χ1v) is 11.8. The van der Waals surface area contributed by atoms with Gasteiger partial charge in [-0.05, 0) is 51.4 Å². The summed E-state index contributed by atoms with van der Waals surface area (Å²) in [4.78, 5) is 4.81. The molecule has 2 N–H and O–H groups in total. The van der Waals surface area contributed by atoms with E-state index in [1.807, 2.05) is 36.4 Å². The zero-order valence-corrected chi connectivity index (χ0v) is 18.1. The van der Waals surface area contributed by atoms with Crippen LogP contribution in [0.3, 0.4) is 0 Å². The maximum atomic E-state index is 11.0. The number of nitrogens with one attached hydrogen (secondary N) is 1. The average molecular weight is 439 g/mol. The Labute approximate surface area is 187 Å². The van der Waals surface area contributed by atoms with Gasteiger partial charge in [-0.2, -0.15) is 0 Å². The van der Waals surface area contributed by atoms with Crippen LogP contribution in [-0.4, -0.2) is 10.1 Å². The number of aromatic hydroxyl groups is 1. The number of hydrogen-bond donors (Lipinski definition) is 2. The summed E-state index contributed by atoms with van der Waals surface area (Å²) in [7, 11) is 0. The van der Waals surface area contributed by atoms with Gasteiger partial charge in [0.25, 0.3) is 0 Å². The fraction of sp³-hybridized carbons (Fsp3) is 0.0385. The molecule has 1 unspecified atom stereocenters. The number of para-hydroxylation sites is 1. The highest BCUT2D eigenvalue weighted by molar-refractivity contribution is 7.22. The Bertz CT molecular complexity index is 1520. The normalized spacial score (nSPS) is 12.5. The van der Waals surface area contributed by atoms with Crippen LogP contribution in [0, 0.1) is 0 Å². The van der Waals surface area contributed by atoms with Crippen LogP contribution in [0.5, 0.6) is 5.75 Å². The second kappa shape index (κ2) is 7.38. The fourth-order valence-electron chi connectivity index (χ4n) is 4.17. The van der Waals surface area contributed by atoms with Crippen molar-refractivity contribution in [1.29, 1.82) is 0 Å². The summed E-state index contributed by atoms with van der Waals surface area (Å²) in [6.07, 6.45) is 0. The molecular weight excluding hydrogens is 420 g/mol. The number of anilines is 1. The van der Waals surface area contributed by atoms with Crippen LogP contribution < -0.4 is 5.32 Å². The van der Waals surface area contributed by atoms with E-state index in [1.165, 1.54) is 10.1 Å². The molecule has 0 amide bonds. The van der Waals surface area contributed by atoms with E-state index in [-0.39, 0.29) is 11.8 Å². The van der Waals surface area contributed by atoms with Gasteiger partial charge in [-0.25, -0.2) is 4.98 Å². The van der Waals surface area contributed by atoms with Gasteiger partial charge in [-0.15, -0.1) is 11.3 Å². The van der Waals surface area contributed by atoms with Crippen LogP contribution in [0.4, 0.5) is 5.13 Å². The lowest BCUT2D eigenvalue weighted by Crippen LogP contribution is -2.12. The maximum Gasteiger partial charge on any atom is 0.184 e. The number of phenols is 1. The minimum absolute atomic E-state index is 0.234. The number of nitrogens with zero attached hydrogens (tertiary/aromatic N) is 1. The van der Waals surface area contributed by atoms with Gasteiger partial charge in [0, 0.05) is 10.3 Å². The van der Waals surface area contributed by atoms with Gasteiger partial charge in [-0.3, -0.25) is 0 Å². The Balaban J connectivity index is 1.59. The number of thiazole rings is 1. The molecule has 1 atom stereocenters.